The molecule has 0 atom stereocenters. The van der Waals surface area contributed by atoms with E-state index >= 15 is 0 Å². The second-order valence-corrected chi connectivity index (χ2v) is 4.50. The largest absolute Gasteiger partial charge is 0.337 e. The lowest BCUT2D eigenvalue weighted by molar-refractivity contribution is 0.217. The number of aromatic nitrogens is 2. The number of nitrogens with one attached hydrogen (secondary N) is 2. The molecule has 2 heterocycles. The second kappa shape index (κ2) is 6.19. The van der Waals surface area contributed by atoms with Gasteiger partial charge in [0.25, 0.3) is 0 Å². The number of carbonyl (C=O) groups is 1. The molecule has 2 rings (SSSR count). The number of nitrogens with zero attached hydrogens (tertiary/aromatic N) is 3. The normalized spacial score (nSPS) is 10.6. The van der Waals surface area contributed by atoms with Crippen LogP contribution in [0.15, 0.2) is 30.6 Å². The molecule has 0 unspecified atom stereocenters. The maximum atomic E-state index is 11.3. The maximum Gasteiger partial charge on any atom is 0.316 e. The van der Waals surface area contributed by atoms with Gasteiger partial charge in [-0.3, -0.25) is 0 Å². The van der Waals surface area contributed by atoms with Crippen LogP contribution in [0, 0.1) is 0 Å². The average Bonchev–Trinajstić information content (AvgIpc) is 2.81. The summed E-state index contributed by atoms with van der Waals surface area (Å²) in [6.07, 6.45) is 3.79. The van der Waals surface area contributed by atoms with E-state index in [-0.39, 0.29) is 6.03 Å². The van der Waals surface area contributed by atoms with Gasteiger partial charge in [-0.05, 0) is 12.1 Å². The lowest BCUT2D eigenvalue weighted by Crippen LogP contribution is -2.38. The van der Waals surface area contributed by atoms with Gasteiger partial charge in [-0.1, -0.05) is 6.07 Å². The topological polar surface area (TPSA) is 61.7 Å². The van der Waals surface area contributed by atoms with Gasteiger partial charge in [-0.25, -0.2) is 9.31 Å². The highest BCUT2D eigenvalue weighted by molar-refractivity contribution is 5.73. The third-order valence-electron chi connectivity index (χ3n) is 2.81. The molecular weight excluding hydrogens is 242 g/mol. The predicted molar refractivity (Wildman–Crippen MR) is 74.0 cm³/mol. The van der Waals surface area contributed by atoms with Crippen LogP contribution in [0.2, 0.25) is 0 Å². The minimum absolute atomic E-state index is 0.0715. The lowest BCUT2D eigenvalue weighted by atomic mass is 10.2. The van der Waals surface area contributed by atoms with E-state index in [1.807, 2.05) is 35.1 Å². The molecule has 0 bridgehead atoms. The van der Waals surface area contributed by atoms with Gasteiger partial charge in [0.15, 0.2) is 0 Å². The van der Waals surface area contributed by atoms with E-state index < -0.39 is 0 Å². The van der Waals surface area contributed by atoms with Crippen molar-refractivity contribution in [3.05, 3.63) is 36.2 Å². The third-order valence-corrected chi connectivity index (χ3v) is 2.81. The Labute approximate surface area is 112 Å². The van der Waals surface area contributed by atoms with E-state index in [2.05, 4.69) is 15.7 Å². The molecule has 0 aliphatic heterocycles. The van der Waals surface area contributed by atoms with Crippen molar-refractivity contribution in [3.63, 3.8) is 0 Å². The molecule has 2 amide bonds. The quantitative estimate of drug-likeness (QED) is 0.779. The summed E-state index contributed by atoms with van der Waals surface area (Å²) >= 11 is 0. The molecule has 6 heteroatoms. The fourth-order valence-corrected chi connectivity index (χ4v) is 1.76. The van der Waals surface area contributed by atoms with Crippen molar-refractivity contribution in [3.8, 4) is 0 Å². The predicted octanol–water partition coefficient (Wildman–Crippen LogP) is 0.695. The lowest BCUT2D eigenvalue weighted by Gasteiger charge is -2.12. The van der Waals surface area contributed by atoms with Crippen LogP contribution in [0.1, 0.15) is 5.56 Å². The van der Waals surface area contributed by atoms with Crippen LogP contribution in [-0.4, -0.2) is 47.7 Å². The minimum Gasteiger partial charge on any atom is -0.337 e. The summed E-state index contributed by atoms with van der Waals surface area (Å²) in [6, 6.07) is 5.92. The van der Waals surface area contributed by atoms with E-state index in [9.17, 15) is 4.79 Å². The summed E-state index contributed by atoms with van der Waals surface area (Å²) in [4.78, 5) is 12.8. The Balaban J connectivity index is 1.76. The first-order chi connectivity index (χ1) is 9.18. The van der Waals surface area contributed by atoms with Crippen molar-refractivity contribution in [1.29, 1.82) is 0 Å². The zero-order valence-electron chi connectivity index (χ0n) is 11.3. The van der Waals surface area contributed by atoms with Crippen molar-refractivity contribution in [2.75, 3.05) is 27.2 Å². The minimum atomic E-state index is -0.0715. The highest BCUT2D eigenvalue weighted by atomic mass is 16.2. The average molecular weight is 261 g/mol. The summed E-state index contributed by atoms with van der Waals surface area (Å²) in [7, 11) is 3.45. The molecule has 0 aromatic carbocycles. The van der Waals surface area contributed by atoms with Crippen molar-refractivity contribution in [2.45, 2.75) is 6.54 Å². The van der Waals surface area contributed by atoms with E-state index in [1.54, 1.807) is 14.1 Å². The van der Waals surface area contributed by atoms with Crippen molar-refractivity contribution in [2.24, 2.45) is 0 Å². The fraction of sp³-hybridized carbons (Fsp3) is 0.385. The number of fused-ring (bicyclic) bond motifs is 1. The highest BCUT2D eigenvalue weighted by Gasteiger charge is 2.03. The molecule has 0 saturated heterocycles. The highest BCUT2D eigenvalue weighted by Crippen LogP contribution is 2.08. The molecule has 0 saturated carbocycles. The Morgan fingerprint density at radius 1 is 1.37 bits per heavy atom. The van der Waals surface area contributed by atoms with Crippen LogP contribution >= 0.6 is 0 Å². The molecule has 0 aliphatic rings. The zero-order chi connectivity index (χ0) is 13.7. The molecule has 102 valence electrons. The molecule has 0 aliphatic carbocycles. The van der Waals surface area contributed by atoms with Gasteiger partial charge in [0.05, 0.1) is 11.7 Å². The standard InChI is InChI=1S/C13H19N5O/c1-17(2)13(19)15-7-6-14-9-11-10-16-18-8-4-3-5-12(11)18/h3-5,8,10,14H,6-7,9H2,1-2H3,(H,15,19). The Kier molecular flexibility index (Phi) is 4.35. The van der Waals surface area contributed by atoms with Gasteiger partial charge >= 0.3 is 6.03 Å². The van der Waals surface area contributed by atoms with Crippen molar-refractivity contribution in [1.82, 2.24) is 25.1 Å². The number of urea groups is 1. The number of rotatable bonds is 5. The van der Waals surface area contributed by atoms with Crippen LogP contribution in [0.3, 0.4) is 0 Å². The van der Waals surface area contributed by atoms with Crippen LogP contribution in [0.4, 0.5) is 4.79 Å². The maximum absolute atomic E-state index is 11.3. The van der Waals surface area contributed by atoms with Crippen LogP contribution in [0.5, 0.6) is 0 Å². The van der Waals surface area contributed by atoms with Crippen LogP contribution < -0.4 is 10.6 Å². The Morgan fingerprint density at radius 2 is 2.21 bits per heavy atom. The summed E-state index contributed by atoms with van der Waals surface area (Å²) in [5, 5.41) is 10.4. The first-order valence-corrected chi connectivity index (χ1v) is 6.25. The monoisotopic (exact) mass is 261 g/mol. The summed E-state index contributed by atoms with van der Waals surface area (Å²) in [5.74, 6) is 0. The zero-order valence-corrected chi connectivity index (χ0v) is 11.3. The molecule has 6 nitrogen and oxygen atoms in total. The molecule has 2 N–H and O–H groups in total. The fourth-order valence-electron chi connectivity index (χ4n) is 1.76. The van der Waals surface area contributed by atoms with Crippen molar-refractivity contribution >= 4 is 11.5 Å². The van der Waals surface area contributed by atoms with Gasteiger partial charge in [0.2, 0.25) is 0 Å². The number of pyridine rings is 1. The first-order valence-electron chi connectivity index (χ1n) is 6.25. The van der Waals surface area contributed by atoms with E-state index in [4.69, 9.17) is 0 Å². The molecule has 0 radical (unpaired) electrons. The molecular formula is C13H19N5O. The van der Waals surface area contributed by atoms with Gasteiger partial charge in [0, 0.05) is 45.5 Å². The Hall–Kier alpha value is -2.08. The smallest absolute Gasteiger partial charge is 0.316 e. The summed E-state index contributed by atoms with van der Waals surface area (Å²) in [5.41, 5.74) is 2.26. The summed E-state index contributed by atoms with van der Waals surface area (Å²) < 4.78 is 1.85. The van der Waals surface area contributed by atoms with E-state index in [0.717, 1.165) is 24.2 Å². The molecule has 19 heavy (non-hydrogen) atoms. The van der Waals surface area contributed by atoms with Crippen molar-refractivity contribution < 1.29 is 4.79 Å². The van der Waals surface area contributed by atoms with Crippen LogP contribution in [-0.2, 0) is 6.54 Å². The van der Waals surface area contributed by atoms with Gasteiger partial charge in [-0.2, -0.15) is 5.10 Å². The van der Waals surface area contributed by atoms with Gasteiger partial charge in [-0.15, -0.1) is 0 Å². The number of hydrogen-bond acceptors (Lipinski definition) is 3. The van der Waals surface area contributed by atoms with Gasteiger partial charge < -0.3 is 15.5 Å². The number of carbonyl (C=O) groups excluding carboxylic acids is 1. The Bertz CT molecular complexity index is 549. The van der Waals surface area contributed by atoms with E-state index in [1.165, 1.54) is 4.90 Å². The molecule has 0 spiro atoms. The number of amides is 2. The van der Waals surface area contributed by atoms with E-state index in [0.29, 0.717) is 6.54 Å². The third kappa shape index (κ3) is 3.45. The molecule has 0 fully saturated rings. The second-order valence-electron chi connectivity index (χ2n) is 4.50. The van der Waals surface area contributed by atoms with Gasteiger partial charge in [0.1, 0.15) is 0 Å². The SMILES string of the molecule is CN(C)C(=O)NCCNCc1cnn2ccccc12. The van der Waals surface area contributed by atoms with Crippen LogP contribution in [0.25, 0.3) is 5.52 Å². The number of hydrogen-bond donors (Lipinski definition) is 2. The molecule has 2 aromatic heterocycles. The molecule has 2 aromatic rings. The Morgan fingerprint density at radius 3 is 3.00 bits per heavy atom. The first kappa shape index (κ1) is 13.4. The summed E-state index contributed by atoms with van der Waals surface area (Å²) in [6.45, 7) is 2.07.